The van der Waals surface area contributed by atoms with Gasteiger partial charge in [-0.25, -0.2) is 4.79 Å². The molecule has 4 rings (SSSR count). The molecular weight excluding hydrogens is 366 g/mol. The Morgan fingerprint density at radius 2 is 2.15 bits per heavy atom. The van der Waals surface area contributed by atoms with Crippen molar-refractivity contribution in [2.45, 2.75) is 39.3 Å². The van der Waals surface area contributed by atoms with E-state index in [0.29, 0.717) is 17.4 Å². The van der Waals surface area contributed by atoms with Crippen LogP contribution in [0, 0.1) is 13.8 Å². The molecule has 0 radical (unpaired) electrons. The number of hydrogen-bond acceptors (Lipinski definition) is 7. The summed E-state index contributed by atoms with van der Waals surface area (Å²) in [6, 6.07) is 4.25. The first-order chi connectivity index (χ1) is 13.0. The van der Waals surface area contributed by atoms with E-state index in [1.807, 2.05) is 36.7 Å². The molecule has 3 aromatic rings. The molecule has 0 atom stereocenters. The Balaban J connectivity index is 1.34. The van der Waals surface area contributed by atoms with Gasteiger partial charge < -0.3 is 9.30 Å². The van der Waals surface area contributed by atoms with E-state index in [-0.39, 0.29) is 18.9 Å². The number of nitrogens with zero attached hydrogens (tertiary/aromatic N) is 5. The average molecular weight is 385 g/mol. The number of tetrazole rings is 1. The Kier molecular flexibility index (Phi) is 4.61. The van der Waals surface area contributed by atoms with Gasteiger partial charge >= 0.3 is 5.97 Å². The molecule has 0 spiro atoms. The smallest absolute Gasteiger partial charge is 0.330 e. The normalized spacial score (nSPS) is 13.7. The van der Waals surface area contributed by atoms with Gasteiger partial charge in [-0.3, -0.25) is 4.79 Å². The van der Waals surface area contributed by atoms with Crippen LogP contribution in [-0.2, 0) is 16.1 Å². The van der Waals surface area contributed by atoms with Gasteiger partial charge in [0.15, 0.2) is 13.2 Å². The lowest BCUT2D eigenvalue weighted by Crippen LogP contribution is -2.20. The topological polar surface area (TPSA) is 91.9 Å². The van der Waals surface area contributed by atoms with E-state index in [0.717, 1.165) is 29.8 Å². The summed E-state index contributed by atoms with van der Waals surface area (Å²) < 4.78 is 7.31. The minimum absolute atomic E-state index is 0.189. The molecule has 0 aromatic carbocycles. The molecule has 0 bridgehead atoms. The maximum atomic E-state index is 12.5. The first-order valence-electron chi connectivity index (χ1n) is 8.70. The van der Waals surface area contributed by atoms with Gasteiger partial charge in [0.2, 0.25) is 11.6 Å². The van der Waals surface area contributed by atoms with Crippen LogP contribution >= 0.6 is 11.3 Å². The number of rotatable bonds is 7. The van der Waals surface area contributed by atoms with Crippen LogP contribution in [0.4, 0.5) is 0 Å². The number of aryl methyl sites for hydroxylation is 1. The van der Waals surface area contributed by atoms with E-state index in [4.69, 9.17) is 4.74 Å². The Morgan fingerprint density at radius 3 is 2.85 bits per heavy atom. The number of thiophene rings is 1. The van der Waals surface area contributed by atoms with Gasteiger partial charge in [-0.1, -0.05) is 0 Å². The molecule has 1 saturated carbocycles. The maximum absolute atomic E-state index is 12.5. The van der Waals surface area contributed by atoms with Crippen LogP contribution in [0.2, 0.25) is 0 Å². The molecule has 0 saturated heterocycles. The van der Waals surface area contributed by atoms with Gasteiger partial charge in [0.25, 0.3) is 0 Å². The summed E-state index contributed by atoms with van der Waals surface area (Å²) in [5.74, 6) is -0.324. The zero-order valence-corrected chi connectivity index (χ0v) is 15.9. The number of aromatic nitrogens is 5. The second kappa shape index (κ2) is 7.07. The molecule has 9 heteroatoms. The van der Waals surface area contributed by atoms with Gasteiger partial charge in [0, 0.05) is 33.9 Å². The van der Waals surface area contributed by atoms with Crippen LogP contribution in [0.3, 0.4) is 0 Å². The van der Waals surface area contributed by atoms with Crippen molar-refractivity contribution < 1.29 is 14.3 Å². The predicted molar refractivity (Wildman–Crippen MR) is 98.6 cm³/mol. The number of carbonyl (C=O) groups excluding carboxylic acids is 2. The number of ether oxygens (including phenoxy) is 1. The second-order valence-electron chi connectivity index (χ2n) is 6.63. The van der Waals surface area contributed by atoms with E-state index < -0.39 is 5.97 Å². The number of esters is 1. The Hall–Kier alpha value is -2.81. The molecule has 0 unspecified atom stereocenters. The maximum Gasteiger partial charge on any atom is 0.330 e. The van der Waals surface area contributed by atoms with Crippen molar-refractivity contribution in [1.29, 1.82) is 0 Å². The fraction of sp³-hybridized carbons (Fsp3) is 0.389. The fourth-order valence-electron chi connectivity index (χ4n) is 3.16. The minimum atomic E-state index is -0.575. The van der Waals surface area contributed by atoms with Crippen LogP contribution in [-0.4, -0.2) is 43.1 Å². The molecule has 3 heterocycles. The van der Waals surface area contributed by atoms with Crippen molar-refractivity contribution in [2.75, 3.05) is 6.61 Å². The van der Waals surface area contributed by atoms with Crippen molar-refractivity contribution in [2.24, 2.45) is 0 Å². The predicted octanol–water partition coefficient (Wildman–Crippen LogP) is 2.58. The summed E-state index contributed by atoms with van der Waals surface area (Å²) in [7, 11) is 0. The second-order valence-corrected chi connectivity index (χ2v) is 7.41. The number of carbonyl (C=O) groups is 2. The Bertz CT molecular complexity index is 985. The number of ketones is 1. The van der Waals surface area contributed by atoms with Crippen LogP contribution in [0.15, 0.2) is 22.9 Å². The Morgan fingerprint density at radius 1 is 1.33 bits per heavy atom. The SMILES string of the molecule is Cc1cc(C(=O)COC(=O)Cn2nnc(-c3ccsc3)n2)c(C)n1C1CC1. The summed E-state index contributed by atoms with van der Waals surface area (Å²) >= 11 is 1.53. The van der Waals surface area contributed by atoms with E-state index in [1.54, 1.807) is 0 Å². The third-order valence-electron chi connectivity index (χ3n) is 4.56. The third kappa shape index (κ3) is 3.68. The van der Waals surface area contributed by atoms with Gasteiger partial charge in [-0.15, -0.1) is 10.2 Å². The van der Waals surface area contributed by atoms with Gasteiger partial charge in [0.05, 0.1) is 0 Å². The third-order valence-corrected chi connectivity index (χ3v) is 5.25. The summed E-state index contributed by atoms with van der Waals surface area (Å²) in [6.45, 7) is 3.45. The summed E-state index contributed by atoms with van der Waals surface area (Å²) in [6.07, 6.45) is 2.30. The number of Topliss-reactive ketones (excluding diaryl/α,β-unsaturated/α-hetero) is 1. The monoisotopic (exact) mass is 385 g/mol. The lowest BCUT2D eigenvalue weighted by Gasteiger charge is -2.07. The minimum Gasteiger partial charge on any atom is -0.456 e. The van der Waals surface area contributed by atoms with Crippen LogP contribution in [0.5, 0.6) is 0 Å². The van der Waals surface area contributed by atoms with Crippen LogP contribution < -0.4 is 0 Å². The van der Waals surface area contributed by atoms with Gasteiger partial charge in [-0.05, 0) is 49.4 Å². The average Bonchev–Trinajstić information content (AvgIpc) is 3.05. The van der Waals surface area contributed by atoms with E-state index in [1.165, 1.54) is 16.1 Å². The fourth-order valence-corrected chi connectivity index (χ4v) is 3.79. The molecule has 0 N–H and O–H groups in total. The van der Waals surface area contributed by atoms with Crippen molar-refractivity contribution in [3.63, 3.8) is 0 Å². The molecular formula is C18H19N5O3S. The van der Waals surface area contributed by atoms with E-state index in [2.05, 4.69) is 20.0 Å². The molecule has 140 valence electrons. The molecule has 0 amide bonds. The van der Waals surface area contributed by atoms with Gasteiger partial charge in [-0.2, -0.15) is 16.1 Å². The lowest BCUT2D eigenvalue weighted by atomic mass is 10.1. The standard InChI is InChI=1S/C18H19N5O3S/c1-11-7-15(12(2)23(11)14-3-4-14)16(24)9-26-17(25)8-22-20-18(19-21-22)13-5-6-27-10-13/h5-7,10,14H,3-4,8-9H2,1-2H3. The quantitative estimate of drug-likeness (QED) is 0.458. The first-order valence-corrected chi connectivity index (χ1v) is 9.65. The van der Waals surface area contributed by atoms with Gasteiger partial charge in [0.1, 0.15) is 0 Å². The molecule has 1 aliphatic carbocycles. The molecule has 0 aliphatic heterocycles. The highest BCUT2D eigenvalue weighted by molar-refractivity contribution is 7.08. The number of hydrogen-bond donors (Lipinski definition) is 0. The lowest BCUT2D eigenvalue weighted by molar-refractivity contribution is -0.143. The molecule has 3 aromatic heterocycles. The Labute approximate surface area is 159 Å². The summed E-state index contributed by atoms with van der Waals surface area (Å²) in [4.78, 5) is 25.6. The van der Waals surface area contributed by atoms with Crippen LogP contribution in [0.25, 0.3) is 11.4 Å². The van der Waals surface area contributed by atoms with E-state index in [9.17, 15) is 9.59 Å². The van der Waals surface area contributed by atoms with Crippen molar-refractivity contribution in [1.82, 2.24) is 24.8 Å². The zero-order chi connectivity index (χ0) is 19.0. The van der Waals surface area contributed by atoms with Crippen molar-refractivity contribution in [3.8, 4) is 11.4 Å². The molecule has 27 heavy (non-hydrogen) atoms. The highest BCUT2D eigenvalue weighted by atomic mass is 32.1. The molecule has 8 nitrogen and oxygen atoms in total. The van der Waals surface area contributed by atoms with E-state index >= 15 is 0 Å². The highest BCUT2D eigenvalue weighted by Gasteiger charge is 2.28. The molecule has 1 aliphatic rings. The largest absolute Gasteiger partial charge is 0.456 e. The van der Waals surface area contributed by atoms with Crippen molar-refractivity contribution >= 4 is 23.1 Å². The van der Waals surface area contributed by atoms with Crippen LogP contribution in [0.1, 0.15) is 40.6 Å². The van der Waals surface area contributed by atoms with Crippen molar-refractivity contribution in [3.05, 3.63) is 39.8 Å². The first kappa shape index (κ1) is 17.6. The highest BCUT2D eigenvalue weighted by Crippen LogP contribution is 2.38. The molecule has 1 fully saturated rings. The summed E-state index contributed by atoms with van der Waals surface area (Å²) in [5, 5.41) is 15.7. The zero-order valence-electron chi connectivity index (χ0n) is 15.1. The summed E-state index contributed by atoms with van der Waals surface area (Å²) in [5.41, 5.74) is 3.47.